The van der Waals surface area contributed by atoms with Crippen LogP contribution in [0.1, 0.15) is 5.56 Å². The predicted octanol–water partition coefficient (Wildman–Crippen LogP) is -0.387. The minimum atomic E-state index is -1.68. The molecule has 20 heavy (non-hydrogen) atoms. The summed E-state index contributed by atoms with van der Waals surface area (Å²) in [6.45, 7) is -0.524. The molecular formula is C13H17ClO6. The molecular weight excluding hydrogens is 288 g/mol. The first kappa shape index (κ1) is 15.7. The van der Waals surface area contributed by atoms with Crippen molar-refractivity contribution in [2.24, 2.45) is 0 Å². The van der Waals surface area contributed by atoms with Crippen LogP contribution in [0.3, 0.4) is 0 Å². The molecule has 0 saturated carbocycles. The molecule has 1 unspecified atom stereocenters. The summed E-state index contributed by atoms with van der Waals surface area (Å²) in [6.07, 6.45) is -5.53. The van der Waals surface area contributed by atoms with E-state index in [2.05, 4.69) is 0 Å². The number of ether oxygens (including phenoxy) is 2. The van der Waals surface area contributed by atoms with Gasteiger partial charge in [-0.25, -0.2) is 0 Å². The largest absolute Gasteiger partial charge is 0.394 e. The van der Waals surface area contributed by atoms with Gasteiger partial charge in [0.1, 0.15) is 24.4 Å². The van der Waals surface area contributed by atoms with Crippen LogP contribution < -0.4 is 0 Å². The minimum absolute atomic E-state index is 0.418. The van der Waals surface area contributed by atoms with Crippen LogP contribution in [0, 0.1) is 0 Å². The van der Waals surface area contributed by atoms with Gasteiger partial charge in [-0.05, 0) is 12.1 Å². The van der Waals surface area contributed by atoms with Crippen LogP contribution in [0.15, 0.2) is 24.3 Å². The smallest absolute Gasteiger partial charge is 0.224 e. The topological polar surface area (TPSA) is 99.4 Å². The van der Waals surface area contributed by atoms with E-state index in [-0.39, 0.29) is 0 Å². The van der Waals surface area contributed by atoms with Crippen LogP contribution >= 0.6 is 11.6 Å². The van der Waals surface area contributed by atoms with E-state index in [1.807, 2.05) is 0 Å². The zero-order valence-electron chi connectivity index (χ0n) is 10.8. The maximum atomic E-state index is 10.2. The monoisotopic (exact) mass is 304 g/mol. The number of aliphatic hydroxyl groups is 4. The van der Waals surface area contributed by atoms with Crippen LogP contribution in [0.4, 0.5) is 0 Å². The SMILES string of the molecule is COC1(c2ccc(Cl)cc2)O[C@H](CO)[C@@H](O)[C@H](O)[C@H]1O. The summed E-state index contributed by atoms with van der Waals surface area (Å²) in [5.41, 5.74) is 0.418. The number of aliphatic hydroxyl groups excluding tert-OH is 4. The Morgan fingerprint density at radius 1 is 1.20 bits per heavy atom. The lowest BCUT2D eigenvalue weighted by Crippen LogP contribution is -2.64. The summed E-state index contributed by atoms with van der Waals surface area (Å²) in [7, 11) is 1.30. The molecule has 1 aromatic rings. The Morgan fingerprint density at radius 2 is 1.80 bits per heavy atom. The molecule has 0 aliphatic carbocycles. The maximum absolute atomic E-state index is 10.2. The van der Waals surface area contributed by atoms with Gasteiger partial charge in [0, 0.05) is 17.7 Å². The summed E-state index contributed by atoms with van der Waals surface area (Å²) < 4.78 is 10.8. The van der Waals surface area contributed by atoms with Gasteiger partial charge in [0.2, 0.25) is 5.79 Å². The van der Waals surface area contributed by atoms with Crippen LogP contribution in [0.25, 0.3) is 0 Å². The standard InChI is InChI=1S/C13H17ClO6/c1-19-13(7-2-4-8(14)5-3-7)12(18)11(17)10(16)9(6-15)20-13/h2-5,9-12,15-18H,6H2,1H3/t9-,10-,11+,12-,13?/m1/s1. The van der Waals surface area contributed by atoms with Crippen molar-refractivity contribution in [3.05, 3.63) is 34.9 Å². The van der Waals surface area contributed by atoms with Crippen molar-refractivity contribution in [3.8, 4) is 0 Å². The normalized spacial score (nSPS) is 37.9. The van der Waals surface area contributed by atoms with E-state index in [1.165, 1.54) is 7.11 Å². The Labute approximate surface area is 121 Å². The second-order valence-corrected chi connectivity index (χ2v) is 5.08. The van der Waals surface area contributed by atoms with Crippen LogP contribution in [-0.2, 0) is 15.3 Å². The molecule has 0 radical (unpaired) electrons. The van der Waals surface area contributed by atoms with E-state index < -0.39 is 36.8 Å². The second kappa shape index (κ2) is 5.95. The van der Waals surface area contributed by atoms with Crippen molar-refractivity contribution in [2.75, 3.05) is 13.7 Å². The molecule has 1 saturated heterocycles. The molecule has 1 aromatic carbocycles. The fourth-order valence-corrected chi connectivity index (χ4v) is 2.47. The molecule has 1 aliphatic rings. The van der Waals surface area contributed by atoms with Crippen molar-refractivity contribution in [1.29, 1.82) is 0 Å². The summed E-state index contributed by atoms with van der Waals surface area (Å²) >= 11 is 5.81. The highest BCUT2D eigenvalue weighted by Crippen LogP contribution is 2.39. The Hall–Kier alpha value is -0.730. The molecule has 1 fully saturated rings. The molecule has 4 N–H and O–H groups in total. The predicted molar refractivity (Wildman–Crippen MR) is 70.1 cm³/mol. The van der Waals surface area contributed by atoms with E-state index in [0.29, 0.717) is 10.6 Å². The fraction of sp³-hybridized carbons (Fsp3) is 0.538. The number of benzene rings is 1. The van der Waals surface area contributed by atoms with Gasteiger partial charge in [-0.15, -0.1) is 0 Å². The average molecular weight is 305 g/mol. The van der Waals surface area contributed by atoms with Crippen molar-refractivity contribution in [2.45, 2.75) is 30.2 Å². The molecule has 5 atom stereocenters. The highest BCUT2D eigenvalue weighted by atomic mass is 35.5. The van der Waals surface area contributed by atoms with Crippen LogP contribution in [-0.4, -0.2) is 58.6 Å². The first-order valence-electron chi connectivity index (χ1n) is 6.10. The van der Waals surface area contributed by atoms with Crippen LogP contribution in [0.5, 0.6) is 0 Å². The van der Waals surface area contributed by atoms with Gasteiger partial charge in [0.25, 0.3) is 0 Å². The molecule has 0 bridgehead atoms. The van der Waals surface area contributed by atoms with E-state index in [0.717, 1.165) is 0 Å². The number of methoxy groups -OCH3 is 1. The highest BCUT2D eigenvalue weighted by Gasteiger charge is 2.54. The fourth-order valence-electron chi connectivity index (χ4n) is 2.35. The third-order valence-corrected chi connectivity index (χ3v) is 3.75. The number of hydrogen-bond acceptors (Lipinski definition) is 6. The molecule has 6 nitrogen and oxygen atoms in total. The molecule has 1 aliphatic heterocycles. The third kappa shape index (κ3) is 2.44. The molecule has 2 rings (SSSR count). The van der Waals surface area contributed by atoms with Crippen molar-refractivity contribution < 1.29 is 29.9 Å². The van der Waals surface area contributed by atoms with E-state index in [1.54, 1.807) is 24.3 Å². The van der Waals surface area contributed by atoms with E-state index in [9.17, 15) is 20.4 Å². The molecule has 0 spiro atoms. The summed E-state index contributed by atoms with van der Waals surface area (Å²) in [6, 6.07) is 6.32. The van der Waals surface area contributed by atoms with Crippen molar-refractivity contribution in [3.63, 3.8) is 0 Å². The zero-order chi connectivity index (χ0) is 14.9. The quantitative estimate of drug-likeness (QED) is 0.607. The molecule has 7 heteroatoms. The van der Waals surface area contributed by atoms with Crippen molar-refractivity contribution in [1.82, 2.24) is 0 Å². The van der Waals surface area contributed by atoms with E-state index >= 15 is 0 Å². The molecule has 0 amide bonds. The summed E-state index contributed by atoms with van der Waals surface area (Å²) in [5, 5.41) is 39.6. The lowest BCUT2D eigenvalue weighted by Gasteiger charge is -2.47. The van der Waals surface area contributed by atoms with E-state index in [4.69, 9.17) is 21.1 Å². The van der Waals surface area contributed by atoms with Crippen molar-refractivity contribution >= 4 is 11.6 Å². The first-order valence-corrected chi connectivity index (χ1v) is 6.48. The van der Waals surface area contributed by atoms with Gasteiger partial charge >= 0.3 is 0 Å². The van der Waals surface area contributed by atoms with Gasteiger partial charge in [-0.1, -0.05) is 23.7 Å². The Balaban J connectivity index is 2.44. The Kier molecular flexibility index (Phi) is 4.66. The lowest BCUT2D eigenvalue weighted by atomic mass is 9.88. The van der Waals surface area contributed by atoms with Gasteiger partial charge in [-0.3, -0.25) is 0 Å². The molecule has 0 aromatic heterocycles. The maximum Gasteiger partial charge on any atom is 0.224 e. The molecule has 1 heterocycles. The van der Waals surface area contributed by atoms with Crippen LogP contribution in [0.2, 0.25) is 5.02 Å². The van der Waals surface area contributed by atoms with Gasteiger partial charge < -0.3 is 29.9 Å². The Morgan fingerprint density at radius 3 is 2.30 bits per heavy atom. The third-order valence-electron chi connectivity index (χ3n) is 3.50. The minimum Gasteiger partial charge on any atom is -0.394 e. The van der Waals surface area contributed by atoms with Gasteiger partial charge in [0.15, 0.2) is 0 Å². The number of halogens is 1. The first-order chi connectivity index (χ1) is 9.46. The average Bonchev–Trinajstić information content (AvgIpc) is 2.47. The number of hydrogen-bond donors (Lipinski definition) is 4. The van der Waals surface area contributed by atoms with Gasteiger partial charge in [-0.2, -0.15) is 0 Å². The van der Waals surface area contributed by atoms with Gasteiger partial charge in [0.05, 0.1) is 6.61 Å². The lowest BCUT2D eigenvalue weighted by molar-refractivity contribution is -0.366. The number of rotatable bonds is 3. The highest BCUT2D eigenvalue weighted by molar-refractivity contribution is 6.30. The Bertz CT molecular complexity index is 451. The molecule has 112 valence electrons. The second-order valence-electron chi connectivity index (χ2n) is 4.64. The zero-order valence-corrected chi connectivity index (χ0v) is 11.6. The summed E-state index contributed by atoms with van der Waals surface area (Å²) in [5.74, 6) is -1.68. The summed E-state index contributed by atoms with van der Waals surface area (Å²) in [4.78, 5) is 0.